The number of anilines is 1. The third-order valence-corrected chi connectivity index (χ3v) is 3.36. The van der Waals surface area contributed by atoms with Gasteiger partial charge in [0.1, 0.15) is 17.6 Å². The first kappa shape index (κ1) is 13.9. The molecule has 1 N–H and O–H groups in total. The zero-order valence-corrected chi connectivity index (χ0v) is 11.6. The summed E-state index contributed by atoms with van der Waals surface area (Å²) in [5, 5.41) is 13.0. The zero-order chi connectivity index (χ0) is 14.4. The highest BCUT2D eigenvalue weighted by molar-refractivity contribution is 7.12. The van der Waals surface area contributed by atoms with Crippen LogP contribution in [0, 0.1) is 11.3 Å². The van der Waals surface area contributed by atoms with Gasteiger partial charge in [-0.15, -0.1) is 11.3 Å². The van der Waals surface area contributed by atoms with Crippen LogP contribution in [0.1, 0.15) is 9.67 Å². The SMILES string of the molecule is COc1csc(C(=O)Nc2ccc(OCC#N)cc2)c1. The van der Waals surface area contributed by atoms with Crippen molar-refractivity contribution in [3.63, 3.8) is 0 Å². The molecule has 102 valence electrons. The van der Waals surface area contributed by atoms with Gasteiger partial charge in [-0.05, 0) is 24.3 Å². The van der Waals surface area contributed by atoms with E-state index in [9.17, 15) is 4.79 Å². The number of carbonyl (C=O) groups excluding carboxylic acids is 1. The van der Waals surface area contributed by atoms with E-state index in [1.165, 1.54) is 11.3 Å². The molecule has 0 radical (unpaired) electrons. The maximum absolute atomic E-state index is 12.0. The van der Waals surface area contributed by atoms with Crippen molar-refractivity contribution in [2.45, 2.75) is 0 Å². The fourth-order valence-electron chi connectivity index (χ4n) is 1.49. The van der Waals surface area contributed by atoms with Gasteiger partial charge in [-0.2, -0.15) is 5.26 Å². The highest BCUT2D eigenvalue weighted by Crippen LogP contribution is 2.22. The van der Waals surface area contributed by atoms with Crippen LogP contribution in [0.15, 0.2) is 35.7 Å². The molecule has 0 unspecified atom stereocenters. The number of methoxy groups -OCH3 is 1. The fourth-order valence-corrected chi connectivity index (χ4v) is 2.24. The summed E-state index contributed by atoms with van der Waals surface area (Å²) in [6.07, 6.45) is 0. The number of hydrogen-bond acceptors (Lipinski definition) is 5. The number of nitriles is 1. The van der Waals surface area contributed by atoms with Crippen molar-refractivity contribution in [3.8, 4) is 17.6 Å². The monoisotopic (exact) mass is 288 g/mol. The molecule has 5 nitrogen and oxygen atoms in total. The van der Waals surface area contributed by atoms with Crippen molar-refractivity contribution >= 4 is 22.9 Å². The predicted molar refractivity (Wildman–Crippen MR) is 76.4 cm³/mol. The Labute approximate surface area is 120 Å². The number of benzene rings is 1. The molecule has 0 fully saturated rings. The minimum absolute atomic E-state index is 0.000690. The highest BCUT2D eigenvalue weighted by atomic mass is 32.1. The second-order valence-electron chi connectivity index (χ2n) is 3.78. The Balaban J connectivity index is 1.99. The molecule has 0 aliphatic heterocycles. The van der Waals surface area contributed by atoms with E-state index in [-0.39, 0.29) is 12.5 Å². The number of thiophene rings is 1. The van der Waals surface area contributed by atoms with Crippen LogP contribution >= 0.6 is 11.3 Å². The summed E-state index contributed by atoms with van der Waals surface area (Å²) >= 11 is 1.32. The smallest absolute Gasteiger partial charge is 0.265 e. The van der Waals surface area contributed by atoms with Gasteiger partial charge in [0.15, 0.2) is 6.61 Å². The predicted octanol–water partition coefficient (Wildman–Crippen LogP) is 2.91. The number of ether oxygens (including phenoxy) is 2. The molecule has 1 heterocycles. The molecule has 0 saturated carbocycles. The molecule has 6 heteroatoms. The molecule has 2 aromatic rings. The lowest BCUT2D eigenvalue weighted by molar-refractivity contribution is 0.103. The van der Waals surface area contributed by atoms with E-state index in [2.05, 4.69) is 5.32 Å². The maximum Gasteiger partial charge on any atom is 0.265 e. The number of nitrogens with zero attached hydrogens (tertiary/aromatic N) is 1. The molecule has 0 atom stereocenters. The Hall–Kier alpha value is -2.52. The topological polar surface area (TPSA) is 71.3 Å². The number of hydrogen-bond donors (Lipinski definition) is 1. The number of rotatable bonds is 5. The average molecular weight is 288 g/mol. The van der Waals surface area contributed by atoms with Gasteiger partial charge in [0, 0.05) is 17.1 Å². The second-order valence-corrected chi connectivity index (χ2v) is 4.69. The van der Waals surface area contributed by atoms with Crippen LogP contribution in [0.5, 0.6) is 11.5 Å². The van der Waals surface area contributed by atoms with E-state index in [0.29, 0.717) is 22.1 Å². The Bertz CT molecular complexity index is 629. The van der Waals surface area contributed by atoms with Crippen molar-refractivity contribution < 1.29 is 14.3 Å². The molecule has 0 spiro atoms. The summed E-state index contributed by atoms with van der Waals surface area (Å²) in [6, 6.07) is 10.4. The normalized spacial score (nSPS) is 9.60. The van der Waals surface area contributed by atoms with E-state index in [1.54, 1.807) is 42.8 Å². The molecular formula is C14H12N2O3S. The summed E-state index contributed by atoms with van der Waals surface area (Å²) in [6.45, 7) is 0.000690. The summed E-state index contributed by atoms with van der Waals surface area (Å²) in [5.74, 6) is 1.06. The third-order valence-electron chi connectivity index (χ3n) is 2.45. The summed E-state index contributed by atoms with van der Waals surface area (Å²) in [5.41, 5.74) is 0.659. The first-order chi connectivity index (χ1) is 9.72. The third kappa shape index (κ3) is 3.49. The number of amides is 1. The molecule has 0 aliphatic rings. The van der Waals surface area contributed by atoms with E-state index in [0.717, 1.165) is 0 Å². The minimum Gasteiger partial charge on any atom is -0.496 e. The Morgan fingerprint density at radius 2 is 2.10 bits per heavy atom. The standard InChI is InChI=1S/C14H12N2O3S/c1-18-12-8-13(20-9-12)14(17)16-10-2-4-11(5-3-10)19-7-6-15/h2-5,8-9H,7H2,1H3,(H,16,17). The number of carbonyl (C=O) groups is 1. The molecule has 0 saturated heterocycles. The summed E-state index contributed by atoms with van der Waals surface area (Å²) in [7, 11) is 1.56. The summed E-state index contributed by atoms with van der Waals surface area (Å²) in [4.78, 5) is 12.5. The highest BCUT2D eigenvalue weighted by Gasteiger charge is 2.09. The molecule has 1 aromatic carbocycles. The molecule has 1 amide bonds. The van der Waals surface area contributed by atoms with E-state index >= 15 is 0 Å². The first-order valence-corrected chi connectivity index (χ1v) is 6.64. The van der Waals surface area contributed by atoms with Gasteiger partial charge < -0.3 is 14.8 Å². The van der Waals surface area contributed by atoms with Crippen molar-refractivity contribution in [2.75, 3.05) is 19.0 Å². The largest absolute Gasteiger partial charge is 0.496 e. The van der Waals surface area contributed by atoms with Crippen LogP contribution in [-0.2, 0) is 0 Å². The van der Waals surface area contributed by atoms with E-state index in [4.69, 9.17) is 14.7 Å². The quantitative estimate of drug-likeness (QED) is 0.918. The van der Waals surface area contributed by atoms with E-state index in [1.807, 2.05) is 6.07 Å². The lowest BCUT2D eigenvalue weighted by atomic mass is 10.3. The fraction of sp³-hybridized carbons (Fsp3) is 0.143. The molecule has 0 aliphatic carbocycles. The number of nitrogens with one attached hydrogen (secondary N) is 1. The Morgan fingerprint density at radius 3 is 2.70 bits per heavy atom. The van der Waals surface area contributed by atoms with Gasteiger partial charge in [0.2, 0.25) is 0 Å². The second kappa shape index (κ2) is 6.59. The van der Waals surface area contributed by atoms with Gasteiger partial charge in [-0.1, -0.05) is 0 Å². The van der Waals surface area contributed by atoms with Crippen LogP contribution < -0.4 is 14.8 Å². The van der Waals surface area contributed by atoms with Gasteiger partial charge in [-0.25, -0.2) is 0 Å². The van der Waals surface area contributed by atoms with Gasteiger partial charge in [-0.3, -0.25) is 4.79 Å². The van der Waals surface area contributed by atoms with Crippen molar-refractivity contribution in [2.24, 2.45) is 0 Å². The lowest BCUT2D eigenvalue weighted by Crippen LogP contribution is -2.09. The van der Waals surface area contributed by atoms with Gasteiger partial charge >= 0.3 is 0 Å². The van der Waals surface area contributed by atoms with Crippen LogP contribution in [-0.4, -0.2) is 19.6 Å². The Morgan fingerprint density at radius 1 is 1.35 bits per heavy atom. The van der Waals surface area contributed by atoms with Crippen LogP contribution in [0.2, 0.25) is 0 Å². The van der Waals surface area contributed by atoms with Crippen LogP contribution in [0.25, 0.3) is 0 Å². The average Bonchev–Trinajstić information content (AvgIpc) is 2.95. The summed E-state index contributed by atoms with van der Waals surface area (Å²) < 4.78 is 10.2. The molecule has 2 rings (SSSR count). The van der Waals surface area contributed by atoms with Crippen LogP contribution in [0.3, 0.4) is 0 Å². The van der Waals surface area contributed by atoms with Crippen molar-refractivity contribution in [3.05, 3.63) is 40.6 Å². The molecule has 0 bridgehead atoms. The minimum atomic E-state index is -0.191. The molecule has 20 heavy (non-hydrogen) atoms. The first-order valence-electron chi connectivity index (χ1n) is 5.76. The molecule has 1 aromatic heterocycles. The maximum atomic E-state index is 12.0. The lowest BCUT2D eigenvalue weighted by Gasteiger charge is -2.05. The van der Waals surface area contributed by atoms with Gasteiger partial charge in [0.25, 0.3) is 5.91 Å². The van der Waals surface area contributed by atoms with Gasteiger partial charge in [0.05, 0.1) is 12.0 Å². The Kier molecular flexibility index (Phi) is 4.58. The zero-order valence-electron chi connectivity index (χ0n) is 10.8. The molecular weight excluding hydrogens is 276 g/mol. The van der Waals surface area contributed by atoms with Crippen molar-refractivity contribution in [1.82, 2.24) is 0 Å². The van der Waals surface area contributed by atoms with Crippen LogP contribution in [0.4, 0.5) is 5.69 Å². The van der Waals surface area contributed by atoms with Crippen molar-refractivity contribution in [1.29, 1.82) is 5.26 Å². The van der Waals surface area contributed by atoms with E-state index < -0.39 is 0 Å².